The number of pyridine rings is 2. The van der Waals surface area contributed by atoms with Crippen LogP contribution in [-0.4, -0.2) is 56.5 Å². The molecule has 0 unspecified atom stereocenters. The SMILES string of the molecule is CN1CC[C@]23c4c5c(-c6ccc(Nc7cc8c(Cl)c(Br)ccc8n(C)c7=O)nc6)cc(O)c4O[C@H]2[C@@H](O)C=C[C@H]3[C@H]1C5. The molecule has 2 bridgehead atoms. The summed E-state index contributed by atoms with van der Waals surface area (Å²) in [4.78, 5) is 20.2. The predicted molar refractivity (Wildman–Crippen MR) is 166 cm³/mol. The van der Waals surface area contributed by atoms with E-state index in [0.29, 0.717) is 22.3 Å². The number of hydrogen-bond donors (Lipinski definition) is 3. The Kier molecular flexibility index (Phi) is 5.67. The van der Waals surface area contributed by atoms with Gasteiger partial charge >= 0.3 is 0 Å². The highest BCUT2D eigenvalue weighted by Crippen LogP contribution is 2.63. The average Bonchev–Trinajstić information content (AvgIpc) is 3.34. The summed E-state index contributed by atoms with van der Waals surface area (Å²) in [5, 5.41) is 26.6. The fraction of sp³-hybridized carbons (Fsp3) is 0.312. The Hall–Kier alpha value is -3.37. The number of likely N-dealkylation sites (tertiary alicyclic amines) is 1. The number of nitrogens with zero attached hydrogens (tertiary/aromatic N) is 3. The van der Waals surface area contributed by atoms with Crippen molar-refractivity contribution >= 4 is 49.9 Å². The average molecular weight is 648 g/mol. The molecule has 2 aliphatic heterocycles. The first-order valence-corrected chi connectivity index (χ1v) is 15.2. The molecule has 4 aliphatic rings. The molecule has 8 rings (SSSR count). The molecular formula is C32H28BrClN4O4. The minimum atomic E-state index is -0.725. The van der Waals surface area contributed by atoms with Crippen molar-refractivity contribution < 1.29 is 14.9 Å². The second-order valence-electron chi connectivity index (χ2n) is 11.9. The van der Waals surface area contributed by atoms with Gasteiger partial charge in [0, 0.05) is 51.6 Å². The number of benzene rings is 2. The lowest BCUT2D eigenvalue weighted by atomic mass is 9.53. The fourth-order valence-corrected chi connectivity index (χ4v) is 8.48. The van der Waals surface area contributed by atoms with Crippen molar-refractivity contribution in [1.29, 1.82) is 0 Å². The highest BCUT2D eigenvalue weighted by atomic mass is 79.9. The molecule has 1 spiro atoms. The summed E-state index contributed by atoms with van der Waals surface area (Å²) in [5.41, 5.74) is 4.50. The van der Waals surface area contributed by atoms with Gasteiger partial charge in [0.15, 0.2) is 11.5 Å². The van der Waals surface area contributed by atoms with Crippen molar-refractivity contribution in [2.75, 3.05) is 18.9 Å². The first-order valence-electron chi connectivity index (χ1n) is 14.0. The van der Waals surface area contributed by atoms with Crippen molar-refractivity contribution in [1.82, 2.24) is 14.5 Å². The Morgan fingerprint density at radius 2 is 2.02 bits per heavy atom. The van der Waals surface area contributed by atoms with Crippen molar-refractivity contribution in [3.8, 4) is 22.6 Å². The Bertz CT molecular complexity index is 1910. The lowest BCUT2D eigenvalue weighted by molar-refractivity contribution is -0.0452. The number of aromatic hydroxyl groups is 1. The minimum absolute atomic E-state index is 0.0840. The molecule has 4 aromatic rings. The molecular weight excluding hydrogens is 620 g/mol. The molecule has 4 heterocycles. The highest BCUT2D eigenvalue weighted by molar-refractivity contribution is 9.10. The zero-order valence-corrected chi connectivity index (χ0v) is 25.3. The summed E-state index contributed by atoms with van der Waals surface area (Å²) < 4.78 is 8.68. The number of aryl methyl sites for hydroxylation is 1. The summed E-state index contributed by atoms with van der Waals surface area (Å²) >= 11 is 10.0. The second-order valence-corrected chi connectivity index (χ2v) is 13.1. The van der Waals surface area contributed by atoms with Crippen LogP contribution in [0.15, 0.2) is 64.0 Å². The van der Waals surface area contributed by atoms with Gasteiger partial charge in [-0.2, -0.15) is 0 Å². The van der Waals surface area contributed by atoms with Crippen LogP contribution in [0.3, 0.4) is 0 Å². The van der Waals surface area contributed by atoms with Crippen LogP contribution in [0.25, 0.3) is 22.0 Å². The summed E-state index contributed by atoms with van der Waals surface area (Å²) in [7, 11) is 3.88. The van der Waals surface area contributed by atoms with Crippen LogP contribution in [0.4, 0.5) is 11.5 Å². The summed E-state index contributed by atoms with van der Waals surface area (Å²) in [5.74, 6) is 1.31. The van der Waals surface area contributed by atoms with E-state index in [2.05, 4.69) is 44.3 Å². The van der Waals surface area contributed by atoms with Crippen LogP contribution in [-0.2, 0) is 18.9 Å². The van der Waals surface area contributed by atoms with Gasteiger partial charge in [0.1, 0.15) is 23.7 Å². The highest BCUT2D eigenvalue weighted by Gasteiger charge is 2.64. The van der Waals surface area contributed by atoms with Gasteiger partial charge in [-0.3, -0.25) is 4.79 Å². The third-order valence-electron chi connectivity index (χ3n) is 9.91. The maximum atomic E-state index is 13.1. The van der Waals surface area contributed by atoms with Crippen LogP contribution >= 0.6 is 27.5 Å². The maximum absolute atomic E-state index is 13.1. The lowest BCUT2D eigenvalue weighted by Crippen LogP contribution is -2.64. The number of rotatable bonds is 3. The lowest BCUT2D eigenvalue weighted by Gasteiger charge is -2.56. The quantitative estimate of drug-likeness (QED) is 0.261. The zero-order chi connectivity index (χ0) is 29.1. The fourth-order valence-electron chi connectivity index (χ4n) is 7.92. The first kappa shape index (κ1) is 26.3. The van der Waals surface area contributed by atoms with E-state index in [9.17, 15) is 15.0 Å². The Balaban J connectivity index is 1.20. The number of ether oxygens (including phenoxy) is 1. The third-order valence-corrected chi connectivity index (χ3v) is 11.2. The van der Waals surface area contributed by atoms with E-state index in [0.717, 1.165) is 57.0 Å². The number of anilines is 2. The van der Waals surface area contributed by atoms with E-state index in [1.807, 2.05) is 30.3 Å². The molecule has 214 valence electrons. The molecule has 8 nitrogen and oxygen atoms in total. The smallest absolute Gasteiger partial charge is 0.274 e. The van der Waals surface area contributed by atoms with E-state index in [1.165, 1.54) is 0 Å². The Labute approximate surface area is 255 Å². The van der Waals surface area contributed by atoms with Gasteiger partial charge in [0.05, 0.1) is 10.5 Å². The number of piperidine rings is 1. The Morgan fingerprint density at radius 1 is 1.19 bits per heavy atom. The molecule has 42 heavy (non-hydrogen) atoms. The van der Waals surface area contributed by atoms with Crippen molar-refractivity contribution in [2.45, 2.75) is 36.5 Å². The van der Waals surface area contributed by atoms with E-state index >= 15 is 0 Å². The van der Waals surface area contributed by atoms with Crippen molar-refractivity contribution in [3.05, 3.63) is 85.7 Å². The molecule has 5 atom stereocenters. The molecule has 1 saturated heterocycles. The number of halogens is 2. The van der Waals surface area contributed by atoms with Gasteiger partial charge in [-0.25, -0.2) is 4.98 Å². The normalized spacial score (nSPS) is 27.2. The zero-order valence-electron chi connectivity index (χ0n) is 22.9. The van der Waals surface area contributed by atoms with Gasteiger partial charge in [0.2, 0.25) is 0 Å². The molecule has 2 aliphatic carbocycles. The van der Waals surface area contributed by atoms with Gasteiger partial charge < -0.3 is 29.7 Å². The van der Waals surface area contributed by atoms with E-state index < -0.39 is 12.2 Å². The van der Waals surface area contributed by atoms with Gasteiger partial charge in [-0.1, -0.05) is 23.8 Å². The number of aromatic nitrogens is 2. The van der Waals surface area contributed by atoms with Crippen LogP contribution < -0.4 is 15.6 Å². The predicted octanol–water partition coefficient (Wildman–Crippen LogP) is 5.27. The van der Waals surface area contributed by atoms with Gasteiger partial charge in [-0.15, -0.1) is 0 Å². The van der Waals surface area contributed by atoms with Crippen LogP contribution in [0, 0.1) is 5.92 Å². The number of aliphatic hydroxyl groups is 1. The summed E-state index contributed by atoms with van der Waals surface area (Å²) in [6, 6.07) is 11.2. The molecule has 0 saturated carbocycles. The molecule has 1 fully saturated rings. The second kappa shape index (κ2) is 9.07. The van der Waals surface area contributed by atoms with Crippen LogP contribution in [0.1, 0.15) is 17.5 Å². The van der Waals surface area contributed by atoms with E-state index in [-0.39, 0.29) is 28.7 Å². The van der Waals surface area contributed by atoms with Crippen LogP contribution in [0.5, 0.6) is 11.5 Å². The van der Waals surface area contributed by atoms with E-state index in [4.69, 9.17) is 16.3 Å². The molecule has 2 aromatic carbocycles. The number of phenols is 1. The monoisotopic (exact) mass is 646 g/mol. The van der Waals surface area contributed by atoms with Gasteiger partial charge in [0.25, 0.3) is 5.56 Å². The largest absolute Gasteiger partial charge is 0.504 e. The van der Waals surface area contributed by atoms with Crippen LogP contribution in [0.2, 0.25) is 5.02 Å². The molecule has 0 amide bonds. The van der Waals surface area contributed by atoms with Gasteiger partial charge in [-0.05, 0) is 89.9 Å². The molecule has 3 N–H and O–H groups in total. The molecule has 0 radical (unpaired) electrons. The number of fused-ring (bicyclic) bond motifs is 1. The number of likely N-dealkylation sites (N-methyl/N-ethyl adjacent to an activating group) is 1. The number of aliphatic hydroxyl groups excluding tert-OH is 1. The number of nitrogens with one attached hydrogen (secondary N) is 1. The molecule has 10 heteroatoms. The minimum Gasteiger partial charge on any atom is -0.504 e. The number of hydrogen-bond acceptors (Lipinski definition) is 7. The van der Waals surface area contributed by atoms with Crippen molar-refractivity contribution in [3.63, 3.8) is 0 Å². The maximum Gasteiger partial charge on any atom is 0.274 e. The van der Waals surface area contributed by atoms with E-state index in [1.54, 1.807) is 29.9 Å². The third kappa shape index (κ3) is 3.42. The standard InChI is InChI=1S/C32H28BrClN4O4/c1-37-10-9-32-19-4-7-24(39)30(32)42-29-25(40)13-16(17(27(29)32)12-23(19)37)15-3-8-26(35-14-15)36-21-11-18-22(38(2)31(21)41)6-5-20(33)28(18)34/h3-8,11,13-14,19,23-24,30,39-40H,9-10,12H2,1-2H3,(H,35,36)/t19-,23+,24-,30-,32-/m0/s1. The summed E-state index contributed by atoms with van der Waals surface area (Å²) in [6.45, 7) is 0.907. The topological polar surface area (TPSA) is 99.9 Å². The number of phenolic OH excluding ortho intramolecular Hbond substituents is 1. The van der Waals surface area contributed by atoms with Crippen molar-refractivity contribution in [2.24, 2.45) is 13.0 Å². The first-order chi connectivity index (χ1) is 20.2. The summed E-state index contributed by atoms with van der Waals surface area (Å²) in [6.07, 6.45) is 6.31. The molecule has 2 aromatic heterocycles. The Morgan fingerprint density at radius 3 is 2.81 bits per heavy atom.